The van der Waals surface area contributed by atoms with Crippen molar-refractivity contribution in [1.82, 2.24) is 0 Å². The van der Waals surface area contributed by atoms with Crippen LogP contribution >= 0.6 is 11.3 Å². The van der Waals surface area contributed by atoms with Crippen molar-refractivity contribution in [3.8, 4) is 0 Å². The predicted molar refractivity (Wildman–Crippen MR) is 95.6 cm³/mol. The van der Waals surface area contributed by atoms with Crippen LogP contribution in [-0.2, 0) is 21.4 Å². The van der Waals surface area contributed by atoms with E-state index in [2.05, 4.69) is 23.7 Å². The highest BCUT2D eigenvalue weighted by Gasteiger charge is 2.23. The lowest BCUT2D eigenvalue weighted by molar-refractivity contribution is -0.907. The van der Waals surface area contributed by atoms with Crippen molar-refractivity contribution in [3.63, 3.8) is 0 Å². The van der Waals surface area contributed by atoms with E-state index in [9.17, 15) is 13.2 Å². The van der Waals surface area contributed by atoms with Crippen LogP contribution < -0.4 is 15.4 Å². The number of nitrogens with two attached hydrogens (primary N) is 1. The SMILES string of the molecule is Cc1ccsc1C[NH+](C)[C@@H](C)C(=O)Nc1ccc(S(N)(=O)=O)cc1. The molecule has 0 saturated heterocycles. The Hall–Kier alpha value is -1.74. The number of anilines is 1. The number of sulfonamides is 1. The highest BCUT2D eigenvalue weighted by Crippen LogP contribution is 2.14. The molecule has 2 rings (SSSR count). The molecular weight excluding hydrogens is 346 g/mol. The number of hydrogen-bond acceptors (Lipinski definition) is 4. The molecule has 0 bridgehead atoms. The summed E-state index contributed by atoms with van der Waals surface area (Å²) in [6.07, 6.45) is 0. The molecule has 2 atom stereocenters. The minimum Gasteiger partial charge on any atom is -0.323 e. The average Bonchev–Trinajstić information content (AvgIpc) is 2.91. The molecule has 1 heterocycles. The lowest BCUT2D eigenvalue weighted by atomic mass is 10.2. The van der Waals surface area contributed by atoms with Gasteiger partial charge in [-0.3, -0.25) is 4.79 Å². The number of nitrogens with one attached hydrogen (secondary N) is 2. The third kappa shape index (κ3) is 4.64. The number of quaternary nitrogens is 1. The van der Waals surface area contributed by atoms with Crippen molar-refractivity contribution in [2.75, 3.05) is 12.4 Å². The number of rotatable bonds is 6. The third-order valence-corrected chi connectivity index (χ3v) is 5.94. The van der Waals surface area contributed by atoms with E-state index in [-0.39, 0.29) is 16.8 Å². The number of likely N-dealkylation sites (N-methyl/N-ethyl adjacent to an activating group) is 1. The summed E-state index contributed by atoms with van der Waals surface area (Å²) in [5.41, 5.74) is 1.78. The van der Waals surface area contributed by atoms with Gasteiger partial charge in [0.1, 0.15) is 6.54 Å². The Morgan fingerprint density at radius 3 is 2.42 bits per heavy atom. The minimum absolute atomic E-state index is 0.0180. The Bertz CT molecular complexity index is 813. The second-order valence-corrected chi connectivity index (χ2v) is 8.39. The summed E-state index contributed by atoms with van der Waals surface area (Å²) in [4.78, 5) is 14.7. The first-order chi connectivity index (χ1) is 11.2. The van der Waals surface area contributed by atoms with Gasteiger partial charge in [-0.1, -0.05) is 0 Å². The normalized spacial score (nSPS) is 14.2. The number of hydrogen-bond donors (Lipinski definition) is 3. The Morgan fingerprint density at radius 1 is 1.29 bits per heavy atom. The smallest absolute Gasteiger partial charge is 0.282 e. The fraction of sp³-hybridized carbons (Fsp3) is 0.312. The number of carbonyl (C=O) groups excluding carboxylic acids is 1. The van der Waals surface area contributed by atoms with E-state index in [0.717, 1.165) is 11.4 Å². The molecular formula is C16H22N3O3S2+. The fourth-order valence-corrected chi connectivity index (χ4v) is 3.71. The van der Waals surface area contributed by atoms with Crippen LogP contribution in [0.5, 0.6) is 0 Å². The average molecular weight is 369 g/mol. The number of amides is 1. The summed E-state index contributed by atoms with van der Waals surface area (Å²) in [7, 11) is -1.75. The number of carbonyl (C=O) groups is 1. The van der Waals surface area contributed by atoms with Gasteiger partial charge in [0.2, 0.25) is 10.0 Å². The summed E-state index contributed by atoms with van der Waals surface area (Å²) in [6.45, 7) is 4.71. The van der Waals surface area contributed by atoms with Gasteiger partial charge in [0.15, 0.2) is 6.04 Å². The van der Waals surface area contributed by atoms with Crippen molar-refractivity contribution in [2.45, 2.75) is 31.3 Å². The van der Waals surface area contributed by atoms with E-state index in [0.29, 0.717) is 5.69 Å². The zero-order valence-electron chi connectivity index (χ0n) is 13.9. The molecule has 130 valence electrons. The molecule has 0 fully saturated rings. The molecule has 0 aliphatic heterocycles. The van der Waals surface area contributed by atoms with Crippen molar-refractivity contribution in [3.05, 3.63) is 46.2 Å². The van der Waals surface area contributed by atoms with Gasteiger partial charge in [-0.2, -0.15) is 0 Å². The molecule has 1 unspecified atom stereocenters. The van der Waals surface area contributed by atoms with Gasteiger partial charge in [0, 0.05) is 5.69 Å². The van der Waals surface area contributed by atoms with Crippen LogP contribution in [0.3, 0.4) is 0 Å². The molecule has 1 amide bonds. The summed E-state index contributed by atoms with van der Waals surface area (Å²) in [5, 5.41) is 9.91. The first kappa shape index (κ1) is 18.6. The van der Waals surface area contributed by atoms with Gasteiger partial charge in [-0.25, -0.2) is 13.6 Å². The van der Waals surface area contributed by atoms with Crippen LogP contribution in [0, 0.1) is 6.92 Å². The van der Waals surface area contributed by atoms with Crippen LogP contribution in [0.4, 0.5) is 5.69 Å². The predicted octanol–water partition coefficient (Wildman–Crippen LogP) is 0.746. The minimum atomic E-state index is -3.73. The molecule has 0 radical (unpaired) electrons. The summed E-state index contributed by atoms with van der Waals surface area (Å²) in [5.74, 6) is -0.120. The van der Waals surface area contributed by atoms with Gasteiger partial charge in [-0.05, 0) is 55.1 Å². The first-order valence-corrected chi connectivity index (χ1v) is 9.90. The van der Waals surface area contributed by atoms with E-state index in [1.54, 1.807) is 11.3 Å². The topological polar surface area (TPSA) is 93.7 Å². The fourth-order valence-electron chi connectivity index (χ4n) is 2.19. The number of primary sulfonamides is 1. The summed E-state index contributed by atoms with van der Waals surface area (Å²) < 4.78 is 22.5. The maximum Gasteiger partial charge on any atom is 0.282 e. The van der Waals surface area contributed by atoms with Crippen LogP contribution in [-0.4, -0.2) is 27.4 Å². The Labute approximate surface area is 146 Å². The lowest BCUT2D eigenvalue weighted by Gasteiger charge is -2.21. The zero-order chi connectivity index (χ0) is 17.9. The molecule has 8 heteroatoms. The monoisotopic (exact) mass is 368 g/mol. The molecule has 1 aromatic heterocycles. The quantitative estimate of drug-likeness (QED) is 0.702. The van der Waals surface area contributed by atoms with E-state index in [4.69, 9.17) is 5.14 Å². The van der Waals surface area contributed by atoms with Crippen molar-refractivity contribution >= 4 is 33.0 Å². The van der Waals surface area contributed by atoms with Crippen molar-refractivity contribution < 1.29 is 18.1 Å². The van der Waals surface area contributed by atoms with E-state index in [1.807, 2.05) is 14.0 Å². The molecule has 4 N–H and O–H groups in total. The Morgan fingerprint density at radius 2 is 1.92 bits per heavy atom. The Balaban J connectivity index is 1.99. The second kappa shape index (κ2) is 7.43. The van der Waals surface area contributed by atoms with Gasteiger partial charge in [0.25, 0.3) is 5.91 Å². The summed E-state index contributed by atoms with van der Waals surface area (Å²) in [6, 6.07) is 7.64. The van der Waals surface area contributed by atoms with Gasteiger partial charge >= 0.3 is 0 Å². The highest BCUT2D eigenvalue weighted by molar-refractivity contribution is 7.89. The van der Waals surface area contributed by atoms with E-state index in [1.165, 1.54) is 34.7 Å². The molecule has 24 heavy (non-hydrogen) atoms. The van der Waals surface area contributed by atoms with Crippen LogP contribution in [0.1, 0.15) is 17.4 Å². The number of benzene rings is 1. The van der Waals surface area contributed by atoms with Crippen LogP contribution in [0.25, 0.3) is 0 Å². The first-order valence-electron chi connectivity index (χ1n) is 7.47. The highest BCUT2D eigenvalue weighted by atomic mass is 32.2. The van der Waals surface area contributed by atoms with Crippen LogP contribution in [0.15, 0.2) is 40.6 Å². The lowest BCUT2D eigenvalue weighted by Crippen LogP contribution is -3.12. The molecule has 6 nitrogen and oxygen atoms in total. The molecule has 0 aliphatic carbocycles. The van der Waals surface area contributed by atoms with Crippen LogP contribution in [0.2, 0.25) is 0 Å². The number of aryl methyl sites for hydroxylation is 1. The zero-order valence-corrected chi connectivity index (χ0v) is 15.5. The maximum atomic E-state index is 12.4. The summed E-state index contributed by atoms with van der Waals surface area (Å²) >= 11 is 1.69. The maximum absolute atomic E-state index is 12.4. The third-order valence-electron chi connectivity index (χ3n) is 3.99. The molecule has 0 aliphatic rings. The van der Waals surface area contributed by atoms with Gasteiger partial charge in [0.05, 0.1) is 16.8 Å². The molecule has 1 aromatic carbocycles. The number of thiophene rings is 1. The van der Waals surface area contributed by atoms with Crippen molar-refractivity contribution in [1.29, 1.82) is 0 Å². The molecule has 0 saturated carbocycles. The molecule has 0 spiro atoms. The van der Waals surface area contributed by atoms with Gasteiger partial charge in [-0.15, -0.1) is 11.3 Å². The molecule has 2 aromatic rings. The van der Waals surface area contributed by atoms with Gasteiger partial charge < -0.3 is 10.2 Å². The largest absolute Gasteiger partial charge is 0.323 e. The Kier molecular flexibility index (Phi) is 5.76. The standard InChI is InChI=1S/C16H21N3O3S2/c1-11-8-9-23-15(11)10-19(3)12(2)16(20)18-13-4-6-14(7-5-13)24(17,21)22/h4-9,12H,10H2,1-3H3,(H,18,20)(H2,17,21,22)/p+1/t12-/m0/s1. The second-order valence-electron chi connectivity index (χ2n) is 5.83. The van der Waals surface area contributed by atoms with E-state index < -0.39 is 10.0 Å². The van der Waals surface area contributed by atoms with Crippen molar-refractivity contribution in [2.24, 2.45) is 5.14 Å². The van der Waals surface area contributed by atoms with E-state index >= 15 is 0 Å².